The van der Waals surface area contributed by atoms with Crippen LogP contribution in [0.15, 0.2) is 48.8 Å². The van der Waals surface area contributed by atoms with E-state index >= 15 is 0 Å². The summed E-state index contributed by atoms with van der Waals surface area (Å²) in [6.07, 6.45) is 4.53. The van der Waals surface area contributed by atoms with Crippen molar-refractivity contribution >= 4 is 10.8 Å². The van der Waals surface area contributed by atoms with E-state index in [4.69, 9.17) is 0 Å². The maximum Gasteiger partial charge on any atom is 0.124 e. The van der Waals surface area contributed by atoms with Crippen molar-refractivity contribution < 1.29 is 5.11 Å². The second kappa shape index (κ2) is 3.33. The Kier molecular flexibility index (Phi) is 1.78. The molecule has 18 heavy (non-hydrogen) atoms. The number of benzene rings is 2. The summed E-state index contributed by atoms with van der Waals surface area (Å²) in [6.45, 7) is 0. The van der Waals surface area contributed by atoms with E-state index in [-0.39, 0.29) is 0 Å². The molecule has 1 aromatic heterocycles. The third kappa shape index (κ3) is 1.15. The Morgan fingerprint density at radius 3 is 2.94 bits per heavy atom. The Hall–Kier alpha value is -2.35. The van der Waals surface area contributed by atoms with E-state index in [9.17, 15) is 5.11 Å². The Bertz CT molecular complexity index is 777. The van der Waals surface area contributed by atoms with Crippen molar-refractivity contribution in [3.63, 3.8) is 0 Å². The van der Waals surface area contributed by atoms with Gasteiger partial charge in [-0.2, -0.15) is 0 Å². The van der Waals surface area contributed by atoms with Crippen LogP contribution in [-0.2, 0) is 6.42 Å². The van der Waals surface area contributed by atoms with Gasteiger partial charge in [-0.3, -0.25) is 4.98 Å². The van der Waals surface area contributed by atoms with E-state index in [2.05, 4.69) is 17.1 Å². The molecular weight excluding hydrogens is 222 g/mol. The molecule has 0 amide bonds. The normalized spacial score (nSPS) is 12.4. The van der Waals surface area contributed by atoms with Crippen molar-refractivity contribution in [2.24, 2.45) is 0 Å². The van der Waals surface area contributed by atoms with Gasteiger partial charge in [0, 0.05) is 23.3 Å². The van der Waals surface area contributed by atoms with E-state index in [1.165, 1.54) is 11.1 Å². The summed E-state index contributed by atoms with van der Waals surface area (Å²) in [6, 6.07) is 12.0. The molecule has 0 spiro atoms. The van der Waals surface area contributed by atoms with Crippen LogP contribution in [-0.4, -0.2) is 10.1 Å². The number of hydrogen-bond acceptors (Lipinski definition) is 2. The van der Waals surface area contributed by atoms with Gasteiger partial charge in [0.15, 0.2) is 0 Å². The van der Waals surface area contributed by atoms with Gasteiger partial charge in [-0.1, -0.05) is 24.3 Å². The zero-order valence-corrected chi connectivity index (χ0v) is 9.72. The smallest absolute Gasteiger partial charge is 0.124 e. The van der Waals surface area contributed by atoms with Crippen molar-refractivity contribution in [1.82, 2.24) is 4.98 Å². The van der Waals surface area contributed by atoms with Crippen LogP contribution in [0, 0.1) is 0 Å². The first-order chi connectivity index (χ1) is 8.84. The Balaban J connectivity index is 2.16. The molecule has 86 valence electrons. The van der Waals surface area contributed by atoms with E-state index in [0.717, 1.165) is 28.3 Å². The van der Waals surface area contributed by atoms with E-state index in [1.807, 2.05) is 30.5 Å². The molecule has 4 rings (SSSR count). The summed E-state index contributed by atoms with van der Waals surface area (Å²) in [5, 5.41) is 12.4. The third-order valence-corrected chi connectivity index (χ3v) is 3.68. The maximum atomic E-state index is 10.3. The quantitative estimate of drug-likeness (QED) is 0.504. The zero-order valence-electron chi connectivity index (χ0n) is 9.72. The predicted molar refractivity (Wildman–Crippen MR) is 71.6 cm³/mol. The first-order valence-corrected chi connectivity index (χ1v) is 6.01. The summed E-state index contributed by atoms with van der Waals surface area (Å²) >= 11 is 0. The number of aromatic nitrogens is 1. The van der Waals surface area contributed by atoms with Crippen LogP contribution in [0.1, 0.15) is 11.1 Å². The number of phenolic OH excluding ortho intramolecular Hbond substituents is 1. The summed E-state index contributed by atoms with van der Waals surface area (Å²) in [7, 11) is 0. The van der Waals surface area contributed by atoms with E-state index in [0.29, 0.717) is 5.75 Å². The van der Waals surface area contributed by atoms with Crippen LogP contribution in [0.4, 0.5) is 0 Å². The standard InChI is InChI=1S/C16H11NO/c18-15-8-11-5-6-17-9-14(11)13-7-10-3-1-2-4-12(10)16(13)15/h1-6,8-9,18H,7H2. The lowest BCUT2D eigenvalue weighted by atomic mass is 9.99. The van der Waals surface area contributed by atoms with E-state index in [1.54, 1.807) is 6.20 Å². The van der Waals surface area contributed by atoms with Gasteiger partial charge in [0.1, 0.15) is 5.75 Å². The molecule has 2 heteroatoms. The minimum atomic E-state index is 0.369. The van der Waals surface area contributed by atoms with Gasteiger partial charge in [0.2, 0.25) is 0 Å². The summed E-state index contributed by atoms with van der Waals surface area (Å²) < 4.78 is 0. The molecule has 0 bridgehead atoms. The first-order valence-electron chi connectivity index (χ1n) is 6.01. The van der Waals surface area contributed by atoms with Gasteiger partial charge in [-0.25, -0.2) is 0 Å². The number of hydrogen-bond donors (Lipinski definition) is 1. The summed E-state index contributed by atoms with van der Waals surface area (Å²) in [5.74, 6) is 0.369. The van der Waals surface area contributed by atoms with Gasteiger partial charge in [0.25, 0.3) is 0 Å². The van der Waals surface area contributed by atoms with Crippen LogP contribution in [0.2, 0.25) is 0 Å². The minimum Gasteiger partial charge on any atom is -0.507 e. The van der Waals surface area contributed by atoms with Crippen LogP contribution in [0.5, 0.6) is 5.75 Å². The molecule has 0 aliphatic heterocycles. The highest BCUT2D eigenvalue weighted by atomic mass is 16.3. The Morgan fingerprint density at radius 2 is 2.00 bits per heavy atom. The third-order valence-electron chi connectivity index (χ3n) is 3.68. The molecule has 0 atom stereocenters. The van der Waals surface area contributed by atoms with Gasteiger partial charge >= 0.3 is 0 Å². The van der Waals surface area contributed by atoms with E-state index < -0.39 is 0 Å². The number of phenols is 1. The maximum absolute atomic E-state index is 10.3. The molecule has 1 N–H and O–H groups in total. The molecule has 1 heterocycles. The average Bonchev–Trinajstić information content (AvgIpc) is 2.79. The monoisotopic (exact) mass is 233 g/mol. The van der Waals surface area contributed by atoms with Crippen molar-refractivity contribution in [2.75, 3.05) is 0 Å². The highest BCUT2D eigenvalue weighted by molar-refractivity contribution is 5.97. The average molecular weight is 233 g/mol. The molecule has 3 aromatic rings. The summed E-state index contributed by atoms with van der Waals surface area (Å²) in [5.41, 5.74) is 4.60. The molecule has 2 aromatic carbocycles. The lowest BCUT2D eigenvalue weighted by molar-refractivity contribution is 0.478. The van der Waals surface area contributed by atoms with Gasteiger partial charge < -0.3 is 5.11 Å². The largest absolute Gasteiger partial charge is 0.507 e. The molecular formula is C16H11NO. The van der Waals surface area contributed by atoms with Crippen LogP contribution < -0.4 is 0 Å². The van der Waals surface area contributed by atoms with Crippen LogP contribution in [0.3, 0.4) is 0 Å². The van der Waals surface area contributed by atoms with Crippen molar-refractivity contribution in [2.45, 2.75) is 6.42 Å². The van der Waals surface area contributed by atoms with Gasteiger partial charge in [-0.15, -0.1) is 0 Å². The Morgan fingerprint density at radius 1 is 1.11 bits per heavy atom. The van der Waals surface area contributed by atoms with Crippen molar-refractivity contribution in [1.29, 1.82) is 0 Å². The second-order valence-electron chi connectivity index (χ2n) is 4.68. The number of fused-ring (bicyclic) bond motifs is 5. The van der Waals surface area contributed by atoms with Crippen molar-refractivity contribution in [3.8, 4) is 16.9 Å². The first kappa shape index (κ1) is 9.66. The molecule has 0 fully saturated rings. The zero-order chi connectivity index (χ0) is 12.1. The lowest BCUT2D eigenvalue weighted by Gasteiger charge is -2.07. The fraction of sp³-hybridized carbons (Fsp3) is 0.0625. The fourth-order valence-electron chi connectivity index (χ4n) is 2.88. The number of pyridine rings is 1. The summed E-state index contributed by atoms with van der Waals surface area (Å²) in [4.78, 5) is 4.20. The molecule has 1 aliphatic rings. The van der Waals surface area contributed by atoms with Crippen LogP contribution in [0.25, 0.3) is 21.9 Å². The number of nitrogens with zero attached hydrogens (tertiary/aromatic N) is 1. The number of aromatic hydroxyl groups is 1. The lowest BCUT2D eigenvalue weighted by Crippen LogP contribution is -1.86. The SMILES string of the molecule is Oc1cc2ccncc2c2c1-c1ccccc1C2. The topological polar surface area (TPSA) is 33.1 Å². The van der Waals surface area contributed by atoms with Gasteiger partial charge in [0.05, 0.1) is 0 Å². The molecule has 2 nitrogen and oxygen atoms in total. The highest BCUT2D eigenvalue weighted by Crippen LogP contribution is 2.45. The molecule has 1 aliphatic carbocycles. The van der Waals surface area contributed by atoms with Crippen LogP contribution >= 0.6 is 0 Å². The minimum absolute atomic E-state index is 0.369. The van der Waals surface area contributed by atoms with Gasteiger partial charge in [-0.05, 0) is 40.6 Å². The highest BCUT2D eigenvalue weighted by Gasteiger charge is 2.23. The van der Waals surface area contributed by atoms with Crippen molar-refractivity contribution in [3.05, 3.63) is 59.9 Å². The number of rotatable bonds is 0. The molecule has 0 saturated heterocycles. The fourth-order valence-corrected chi connectivity index (χ4v) is 2.88. The Labute approximate surface area is 105 Å². The molecule has 0 saturated carbocycles. The molecule has 0 unspecified atom stereocenters. The second-order valence-corrected chi connectivity index (χ2v) is 4.68. The predicted octanol–water partition coefficient (Wildman–Crippen LogP) is 3.51. The molecule has 0 radical (unpaired) electrons.